The lowest BCUT2D eigenvalue weighted by molar-refractivity contribution is -0.142. The van der Waals surface area contributed by atoms with Gasteiger partial charge in [0.25, 0.3) is 0 Å². The molecule has 0 rings (SSSR count). The number of hydrogen-bond donors (Lipinski definition) is 0. The van der Waals surface area contributed by atoms with Crippen molar-refractivity contribution in [2.24, 2.45) is 17.8 Å². The molecule has 0 radical (unpaired) electrons. The zero-order chi connectivity index (χ0) is 29.7. The van der Waals surface area contributed by atoms with E-state index < -0.39 is 0 Å². The average Bonchev–Trinajstić information content (AvgIpc) is 2.90. The highest BCUT2D eigenvalue weighted by atomic mass is 16.5. The lowest BCUT2D eigenvalue weighted by Crippen LogP contribution is -2.04. The maximum Gasteiger partial charge on any atom is 0.306 e. The van der Waals surface area contributed by atoms with Crippen molar-refractivity contribution in [1.82, 2.24) is 0 Å². The van der Waals surface area contributed by atoms with Crippen LogP contribution in [0.3, 0.4) is 0 Å². The number of carbonyl (C=O) groups excluding carboxylic acids is 1. The van der Waals surface area contributed by atoms with Gasteiger partial charge < -0.3 is 4.74 Å². The maximum atomic E-state index is 12.0. The minimum atomic E-state index is -0.0683. The maximum absolute atomic E-state index is 12.0. The summed E-state index contributed by atoms with van der Waals surface area (Å²) in [5.41, 5.74) is 1.35. The molecule has 0 N–H and O–H groups in total. The molecule has 2 nitrogen and oxygen atoms in total. The number of unbranched alkanes of at least 4 members (excludes halogenated alkanes) is 2. The van der Waals surface area contributed by atoms with Crippen molar-refractivity contribution in [3.63, 3.8) is 0 Å². The van der Waals surface area contributed by atoms with Crippen LogP contribution in [0.25, 0.3) is 0 Å². The van der Waals surface area contributed by atoms with Crippen LogP contribution in [-0.4, -0.2) is 12.6 Å². The number of carbonyl (C=O) groups is 1. The highest BCUT2D eigenvalue weighted by Gasteiger charge is 2.07. The first-order valence-corrected chi connectivity index (χ1v) is 16.8. The van der Waals surface area contributed by atoms with Gasteiger partial charge in [0.2, 0.25) is 0 Å². The molecule has 0 amide bonds. The van der Waals surface area contributed by atoms with Crippen molar-refractivity contribution >= 4 is 5.97 Å². The van der Waals surface area contributed by atoms with Crippen molar-refractivity contribution in [3.8, 4) is 0 Å². The Morgan fingerprint density at radius 3 is 1.73 bits per heavy atom. The first kappa shape index (κ1) is 38.2. The Labute approximate surface area is 250 Å². The summed E-state index contributed by atoms with van der Waals surface area (Å²) in [5, 5.41) is 0. The van der Waals surface area contributed by atoms with Crippen LogP contribution in [0, 0.1) is 17.8 Å². The van der Waals surface area contributed by atoms with E-state index >= 15 is 0 Å². The van der Waals surface area contributed by atoms with E-state index in [1.54, 1.807) is 0 Å². The van der Waals surface area contributed by atoms with E-state index in [-0.39, 0.29) is 5.97 Å². The van der Waals surface area contributed by atoms with Crippen molar-refractivity contribution in [2.45, 2.75) is 151 Å². The quantitative estimate of drug-likeness (QED) is 0.0603. The molecular weight excluding hydrogens is 488 g/mol. The fourth-order valence-electron chi connectivity index (χ4n) is 4.79. The molecule has 0 heterocycles. The highest BCUT2D eigenvalue weighted by molar-refractivity contribution is 5.69. The number of ether oxygens (including phenoxy) is 1. The second-order valence-corrected chi connectivity index (χ2v) is 12.3. The molecule has 0 aliphatic carbocycles. The predicted octanol–water partition coefficient (Wildman–Crippen LogP) is 12.3. The molecule has 0 unspecified atom stereocenters. The number of esters is 1. The van der Waals surface area contributed by atoms with Crippen molar-refractivity contribution in [3.05, 3.63) is 60.3 Å². The second-order valence-electron chi connectivity index (χ2n) is 12.3. The van der Waals surface area contributed by atoms with Crippen LogP contribution < -0.4 is 0 Å². The fourth-order valence-corrected chi connectivity index (χ4v) is 4.79. The zero-order valence-electron chi connectivity index (χ0n) is 27.5. The van der Waals surface area contributed by atoms with E-state index in [1.165, 1.54) is 56.9 Å². The van der Waals surface area contributed by atoms with Gasteiger partial charge in [0, 0.05) is 6.42 Å². The molecule has 2 heteroatoms. The van der Waals surface area contributed by atoms with E-state index in [0.29, 0.717) is 13.0 Å². The van der Waals surface area contributed by atoms with Gasteiger partial charge in [0.05, 0.1) is 0 Å². The summed E-state index contributed by atoms with van der Waals surface area (Å²) >= 11 is 0. The third-order valence-electron chi connectivity index (χ3n) is 7.54. The smallest absolute Gasteiger partial charge is 0.306 e. The van der Waals surface area contributed by atoms with Gasteiger partial charge in [-0.15, -0.1) is 0 Å². The third kappa shape index (κ3) is 29.2. The standard InChI is InChI=1S/C38H66O2/c1-7-8-9-10-11-12-13-14-15-16-17-18-19-20-21-31-38(39)40-33-32-37(6)30-24-29-36(5)28-23-27-35(4)26-22-25-34(2)3/h8-9,11-12,14-15,17-18,32,34-36H,7,10,13,16,19-31,33H2,1-6H3/b9-8-,12-11-,15-14-,18-17-,37-32+/t35-,36-/m1/s1. The largest absolute Gasteiger partial charge is 0.461 e. The minimum Gasteiger partial charge on any atom is -0.461 e. The van der Waals surface area contributed by atoms with Gasteiger partial charge in [-0.3, -0.25) is 4.79 Å². The molecule has 40 heavy (non-hydrogen) atoms. The summed E-state index contributed by atoms with van der Waals surface area (Å²) < 4.78 is 5.42. The van der Waals surface area contributed by atoms with Gasteiger partial charge >= 0.3 is 5.97 Å². The molecule has 0 saturated heterocycles. The molecule has 0 aliphatic rings. The highest BCUT2D eigenvalue weighted by Crippen LogP contribution is 2.22. The molecule has 0 spiro atoms. The second kappa shape index (κ2) is 28.7. The van der Waals surface area contributed by atoms with Crippen LogP contribution in [0.5, 0.6) is 0 Å². The first-order chi connectivity index (χ1) is 19.3. The lowest BCUT2D eigenvalue weighted by atomic mass is 9.91. The van der Waals surface area contributed by atoms with Gasteiger partial charge in [-0.25, -0.2) is 0 Å². The van der Waals surface area contributed by atoms with E-state index in [9.17, 15) is 4.79 Å². The summed E-state index contributed by atoms with van der Waals surface area (Å²) in [6.45, 7) is 14.2. The van der Waals surface area contributed by atoms with Crippen LogP contribution >= 0.6 is 0 Å². The molecule has 0 aromatic carbocycles. The summed E-state index contributed by atoms with van der Waals surface area (Å²) in [4.78, 5) is 12.0. The topological polar surface area (TPSA) is 26.3 Å². The summed E-state index contributed by atoms with van der Waals surface area (Å²) in [7, 11) is 0. The van der Waals surface area contributed by atoms with Gasteiger partial charge in [0.15, 0.2) is 0 Å². The number of allylic oxidation sites excluding steroid dienone is 9. The Hall–Kier alpha value is -1.83. The predicted molar refractivity (Wildman–Crippen MR) is 179 cm³/mol. The molecule has 0 aliphatic heterocycles. The molecular formula is C38H66O2. The van der Waals surface area contributed by atoms with E-state index in [0.717, 1.165) is 69.1 Å². The van der Waals surface area contributed by atoms with Gasteiger partial charge in [-0.2, -0.15) is 0 Å². The Morgan fingerprint density at radius 1 is 0.625 bits per heavy atom. The Balaban J connectivity index is 3.70. The molecule has 0 fully saturated rings. The van der Waals surface area contributed by atoms with E-state index in [2.05, 4.69) is 96.2 Å². The van der Waals surface area contributed by atoms with Crippen molar-refractivity contribution < 1.29 is 9.53 Å². The summed E-state index contributed by atoms with van der Waals surface area (Å²) in [6.07, 6.45) is 39.4. The molecule has 230 valence electrons. The lowest BCUT2D eigenvalue weighted by Gasteiger charge is -2.15. The Morgan fingerprint density at radius 2 is 1.15 bits per heavy atom. The Bertz CT molecular complexity index is 722. The van der Waals surface area contributed by atoms with Gasteiger partial charge in [-0.1, -0.05) is 134 Å². The van der Waals surface area contributed by atoms with Crippen LogP contribution in [0.2, 0.25) is 0 Å². The Kier molecular flexibility index (Phi) is 27.4. The summed E-state index contributed by atoms with van der Waals surface area (Å²) in [6, 6.07) is 0. The van der Waals surface area contributed by atoms with Gasteiger partial charge in [-0.05, 0) is 88.5 Å². The average molecular weight is 555 g/mol. The monoisotopic (exact) mass is 555 g/mol. The molecule has 0 aromatic heterocycles. The number of rotatable bonds is 26. The van der Waals surface area contributed by atoms with Crippen molar-refractivity contribution in [2.75, 3.05) is 6.61 Å². The third-order valence-corrected chi connectivity index (χ3v) is 7.54. The van der Waals surface area contributed by atoms with E-state index in [1.807, 2.05) is 0 Å². The summed E-state index contributed by atoms with van der Waals surface area (Å²) in [5.74, 6) is 2.46. The van der Waals surface area contributed by atoms with Crippen LogP contribution in [0.4, 0.5) is 0 Å². The number of hydrogen-bond acceptors (Lipinski definition) is 2. The van der Waals surface area contributed by atoms with E-state index in [4.69, 9.17) is 4.74 Å². The minimum absolute atomic E-state index is 0.0683. The SMILES string of the molecule is CC/C=C\C/C=C\C/C=C\C/C=C\CCCCC(=O)OC/C=C(\C)CCC[C@H](C)CCC[C@H](C)CCCC(C)C. The molecule has 0 saturated carbocycles. The molecule has 0 bridgehead atoms. The molecule has 2 atom stereocenters. The van der Waals surface area contributed by atoms with Crippen LogP contribution in [-0.2, 0) is 9.53 Å². The fraction of sp³-hybridized carbons (Fsp3) is 0.711. The van der Waals surface area contributed by atoms with Crippen molar-refractivity contribution in [1.29, 1.82) is 0 Å². The zero-order valence-corrected chi connectivity index (χ0v) is 27.5. The first-order valence-electron chi connectivity index (χ1n) is 16.8. The normalized spacial score (nSPS) is 14.4. The van der Waals surface area contributed by atoms with Crippen LogP contribution in [0.15, 0.2) is 60.3 Å². The van der Waals surface area contributed by atoms with Crippen LogP contribution in [0.1, 0.15) is 151 Å². The van der Waals surface area contributed by atoms with Gasteiger partial charge in [0.1, 0.15) is 6.61 Å². The molecule has 0 aromatic rings.